The number of methoxy groups -OCH3 is 1. The van der Waals surface area contributed by atoms with Gasteiger partial charge in [0.1, 0.15) is 0 Å². The van der Waals surface area contributed by atoms with Gasteiger partial charge in [-0.05, 0) is 25.7 Å². The SMILES string of the molecule is COC(=O)CN(CC1COC2(CCCC2)O1)C1CCCC1. The second-order valence-electron chi connectivity index (χ2n) is 6.61. The normalized spacial score (nSPS) is 28.8. The zero-order chi connectivity index (χ0) is 14.7. The molecule has 120 valence electrons. The first-order valence-electron chi connectivity index (χ1n) is 8.33. The summed E-state index contributed by atoms with van der Waals surface area (Å²) in [7, 11) is 1.46. The van der Waals surface area contributed by atoms with E-state index in [2.05, 4.69) is 4.90 Å². The monoisotopic (exact) mass is 297 g/mol. The lowest BCUT2D eigenvalue weighted by atomic mass is 10.2. The van der Waals surface area contributed by atoms with E-state index in [4.69, 9.17) is 14.2 Å². The van der Waals surface area contributed by atoms with Crippen molar-refractivity contribution in [1.29, 1.82) is 0 Å². The second kappa shape index (κ2) is 6.63. The van der Waals surface area contributed by atoms with E-state index in [1.807, 2.05) is 0 Å². The molecule has 0 aromatic rings. The fourth-order valence-corrected chi connectivity index (χ4v) is 3.99. The molecule has 1 spiro atoms. The number of hydrogen-bond donors (Lipinski definition) is 0. The molecule has 1 atom stereocenters. The van der Waals surface area contributed by atoms with Crippen molar-refractivity contribution in [1.82, 2.24) is 4.90 Å². The molecule has 0 aromatic carbocycles. The molecule has 3 fully saturated rings. The van der Waals surface area contributed by atoms with Crippen LogP contribution in [0.3, 0.4) is 0 Å². The van der Waals surface area contributed by atoms with Gasteiger partial charge in [-0.3, -0.25) is 9.69 Å². The van der Waals surface area contributed by atoms with E-state index in [0.717, 1.165) is 19.4 Å². The van der Waals surface area contributed by atoms with Crippen LogP contribution < -0.4 is 0 Å². The molecule has 3 rings (SSSR count). The van der Waals surface area contributed by atoms with Gasteiger partial charge in [0.15, 0.2) is 5.79 Å². The molecule has 1 unspecified atom stereocenters. The highest BCUT2D eigenvalue weighted by atomic mass is 16.7. The first-order chi connectivity index (χ1) is 10.2. The van der Waals surface area contributed by atoms with E-state index < -0.39 is 0 Å². The number of ether oxygens (including phenoxy) is 3. The van der Waals surface area contributed by atoms with Gasteiger partial charge in [0.2, 0.25) is 0 Å². The van der Waals surface area contributed by atoms with Crippen molar-refractivity contribution in [3.8, 4) is 0 Å². The van der Waals surface area contributed by atoms with Crippen LogP contribution >= 0.6 is 0 Å². The number of carbonyl (C=O) groups is 1. The molecule has 21 heavy (non-hydrogen) atoms. The molecule has 1 heterocycles. The third-order valence-corrected chi connectivity index (χ3v) is 5.12. The maximum atomic E-state index is 11.7. The van der Waals surface area contributed by atoms with Crippen molar-refractivity contribution in [3.05, 3.63) is 0 Å². The fourth-order valence-electron chi connectivity index (χ4n) is 3.99. The third-order valence-electron chi connectivity index (χ3n) is 5.12. The van der Waals surface area contributed by atoms with E-state index in [1.165, 1.54) is 45.6 Å². The molecule has 2 saturated carbocycles. The van der Waals surface area contributed by atoms with Gasteiger partial charge in [-0.25, -0.2) is 0 Å². The van der Waals surface area contributed by atoms with Gasteiger partial charge in [-0.1, -0.05) is 12.8 Å². The molecule has 2 aliphatic carbocycles. The van der Waals surface area contributed by atoms with E-state index in [9.17, 15) is 4.79 Å². The molecular weight excluding hydrogens is 270 g/mol. The lowest BCUT2D eigenvalue weighted by Gasteiger charge is -2.30. The molecule has 5 heteroatoms. The van der Waals surface area contributed by atoms with E-state index in [-0.39, 0.29) is 17.9 Å². The van der Waals surface area contributed by atoms with Crippen LogP contribution in [0, 0.1) is 0 Å². The van der Waals surface area contributed by atoms with E-state index in [1.54, 1.807) is 0 Å². The zero-order valence-electron chi connectivity index (χ0n) is 13.0. The van der Waals surface area contributed by atoms with Crippen LogP contribution in [0.15, 0.2) is 0 Å². The lowest BCUT2D eigenvalue weighted by molar-refractivity contribution is -0.164. The molecule has 1 aliphatic heterocycles. The van der Waals surface area contributed by atoms with Gasteiger partial charge in [-0.2, -0.15) is 0 Å². The predicted molar refractivity (Wildman–Crippen MR) is 77.9 cm³/mol. The quantitative estimate of drug-likeness (QED) is 0.727. The Kier molecular flexibility index (Phi) is 4.82. The molecule has 0 radical (unpaired) electrons. The number of esters is 1. The fraction of sp³-hybridized carbons (Fsp3) is 0.938. The van der Waals surface area contributed by atoms with Gasteiger partial charge in [0.25, 0.3) is 0 Å². The van der Waals surface area contributed by atoms with E-state index >= 15 is 0 Å². The summed E-state index contributed by atoms with van der Waals surface area (Å²) in [5.74, 6) is -0.464. The van der Waals surface area contributed by atoms with Crippen molar-refractivity contribution in [2.45, 2.75) is 69.3 Å². The number of rotatable bonds is 5. The molecule has 0 amide bonds. The standard InChI is InChI=1S/C16H27NO4/c1-19-15(18)11-17(13-6-2-3-7-13)10-14-12-20-16(21-14)8-4-5-9-16/h13-14H,2-12H2,1H3. The van der Waals surface area contributed by atoms with Gasteiger partial charge in [0, 0.05) is 25.4 Å². The van der Waals surface area contributed by atoms with Crippen LogP contribution in [0.2, 0.25) is 0 Å². The van der Waals surface area contributed by atoms with Crippen molar-refractivity contribution in [2.75, 3.05) is 26.8 Å². The minimum Gasteiger partial charge on any atom is -0.468 e. The van der Waals surface area contributed by atoms with Gasteiger partial charge in [-0.15, -0.1) is 0 Å². The average Bonchev–Trinajstić information content (AvgIpc) is 3.22. The number of nitrogens with zero attached hydrogens (tertiary/aromatic N) is 1. The Hall–Kier alpha value is -0.650. The molecule has 0 N–H and O–H groups in total. The van der Waals surface area contributed by atoms with Crippen molar-refractivity contribution in [3.63, 3.8) is 0 Å². The smallest absolute Gasteiger partial charge is 0.319 e. The van der Waals surface area contributed by atoms with Crippen LogP contribution in [-0.4, -0.2) is 55.6 Å². The summed E-state index contributed by atoms with van der Waals surface area (Å²) in [6, 6.07) is 0.493. The molecule has 0 aromatic heterocycles. The average molecular weight is 297 g/mol. The first kappa shape index (κ1) is 15.3. The molecule has 3 aliphatic rings. The summed E-state index contributed by atoms with van der Waals surface area (Å²) in [4.78, 5) is 13.9. The summed E-state index contributed by atoms with van der Waals surface area (Å²) in [5.41, 5.74) is 0. The second-order valence-corrected chi connectivity index (χ2v) is 6.61. The van der Waals surface area contributed by atoms with E-state index in [0.29, 0.717) is 19.2 Å². The minimum atomic E-state index is -0.308. The van der Waals surface area contributed by atoms with Gasteiger partial charge < -0.3 is 14.2 Å². The number of hydrogen-bond acceptors (Lipinski definition) is 5. The highest BCUT2D eigenvalue weighted by molar-refractivity contribution is 5.71. The molecule has 0 bridgehead atoms. The van der Waals surface area contributed by atoms with Crippen LogP contribution in [0.1, 0.15) is 51.4 Å². The van der Waals surface area contributed by atoms with Crippen LogP contribution in [0.25, 0.3) is 0 Å². The minimum absolute atomic E-state index is 0.0911. The van der Waals surface area contributed by atoms with Gasteiger partial charge in [0.05, 0.1) is 26.4 Å². The molecule has 5 nitrogen and oxygen atoms in total. The molecule has 1 saturated heterocycles. The topological polar surface area (TPSA) is 48.0 Å². The van der Waals surface area contributed by atoms with Crippen molar-refractivity contribution < 1.29 is 19.0 Å². The maximum absolute atomic E-state index is 11.7. The zero-order valence-corrected chi connectivity index (χ0v) is 13.0. The van der Waals surface area contributed by atoms with Crippen molar-refractivity contribution >= 4 is 5.97 Å². The Morgan fingerprint density at radius 3 is 2.62 bits per heavy atom. The maximum Gasteiger partial charge on any atom is 0.319 e. The Morgan fingerprint density at radius 1 is 1.24 bits per heavy atom. The Balaban J connectivity index is 1.57. The van der Waals surface area contributed by atoms with Gasteiger partial charge >= 0.3 is 5.97 Å². The largest absolute Gasteiger partial charge is 0.468 e. The highest BCUT2D eigenvalue weighted by Crippen LogP contribution is 2.39. The third kappa shape index (κ3) is 3.58. The Labute approximate surface area is 126 Å². The first-order valence-corrected chi connectivity index (χ1v) is 8.33. The van der Waals surface area contributed by atoms with Crippen LogP contribution in [0.5, 0.6) is 0 Å². The Morgan fingerprint density at radius 2 is 1.95 bits per heavy atom. The predicted octanol–water partition coefficient (Wildman–Crippen LogP) is 2.09. The van der Waals surface area contributed by atoms with Crippen molar-refractivity contribution in [2.24, 2.45) is 0 Å². The Bertz CT molecular complexity index is 361. The van der Waals surface area contributed by atoms with Crippen LogP contribution in [0.4, 0.5) is 0 Å². The molecular formula is C16H27NO4. The lowest BCUT2D eigenvalue weighted by Crippen LogP contribution is -2.43. The summed E-state index contributed by atoms with van der Waals surface area (Å²) < 4.78 is 17.0. The highest BCUT2D eigenvalue weighted by Gasteiger charge is 2.44. The summed E-state index contributed by atoms with van der Waals surface area (Å²) in [6.07, 6.45) is 9.39. The summed E-state index contributed by atoms with van der Waals surface area (Å²) in [6.45, 7) is 1.81. The summed E-state index contributed by atoms with van der Waals surface area (Å²) >= 11 is 0. The van der Waals surface area contributed by atoms with Crippen LogP contribution in [-0.2, 0) is 19.0 Å². The number of carbonyl (C=O) groups excluding carboxylic acids is 1. The summed E-state index contributed by atoms with van der Waals surface area (Å²) in [5, 5.41) is 0.